The van der Waals surface area contributed by atoms with Gasteiger partial charge >= 0.3 is 5.97 Å². The van der Waals surface area contributed by atoms with Crippen LogP contribution in [0.5, 0.6) is 5.75 Å². The van der Waals surface area contributed by atoms with Crippen LogP contribution < -0.4 is 5.73 Å². The Labute approximate surface area is 189 Å². The first-order valence-corrected chi connectivity index (χ1v) is 10.7. The predicted octanol–water partition coefficient (Wildman–Crippen LogP) is 0.340. The van der Waals surface area contributed by atoms with E-state index in [1.165, 1.54) is 12.1 Å². The molecule has 32 heavy (non-hydrogen) atoms. The van der Waals surface area contributed by atoms with Crippen molar-refractivity contribution in [3.8, 4) is 5.75 Å². The van der Waals surface area contributed by atoms with Gasteiger partial charge in [-0.05, 0) is 18.1 Å². The summed E-state index contributed by atoms with van der Waals surface area (Å²) in [4.78, 5) is 49.9. The Morgan fingerprint density at radius 3 is 2.50 bits per heavy atom. The molecule has 0 heterocycles. The molecule has 4 rings (SSSR count). The summed E-state index contributed by atoms with van der Waals surface area (Å²) >= 11 is 2.96. The third-order valence-electron chi connectivity index (χ3n) is 6.26. The van der Waals surface area contributed by atoms with Crippen LogP contribution in [0.1, 0.15) is 17.5 Å². The van der Waals surface area contributed by atoms with Crippen molar-refractivity contribution in [2.75, 3.05) is 5.33 Å². The van der Waals surface area contributed by atoms with E-state index in [1.807, 2.05) is 0 Å². The molecule has 10 nitrogen and oxygen atoms in total. The van der Waals surface area contributed by atoms with Gasteiger partial charge in [0.1, 0.15) is 34.3 Å². The second-order valence-electron chi connectivity index (χ2n) is 7.89. The summed E-state index contributed by atoms with van der Waals surface area (Å²) in [6, 6.07) is 4.43. The van der Waals surface area contributed by atoms with E-state index in [0.29, 0.717) is 5.56 Å². The van der Waals surface area contributed by atoms with Crippen LogP contribution in [-0.4, -0.2) is 60.9 Å². The number of Topliss-reactive ketones (excluding diaryl/α,β-unsaturated/α-hetero) is 2. The van der Waals surface area contributed by atoms with Gasteiger partial charge in [-0.3, -0.25) is 19.2 Å². The van der Waals surface area contributed by atoms with E-state index < -0.39 is 76.1 Å². The molecule has 11 heteroatoms. The Morgan fingerprint density at radius 2 is 1.88 bits per heavy atom. The molecule has 0 radical (unpaired) electrons. The standard InChI is InChI=1S/C21H18BrNO9/c22-6-12(26)32-17-8-4-7-2-1-3-10(24)13(7)16(27)14(8)18(28)21(31)9(17)5-11(25)15(19(21)29)20(23)30/h1-3,8-9,17,24,27,29,31H,4-6H2,(H2,23,30)/t8-,9-,17+,21+/m1/s1. The molecule has 1 fully saturated rings. The fourth-order valence-electron chi connectivity index (χ4n) is 4.90. The molecule has 1 aromatic carbocycles. The van der Waals surface area contributed by atoms with Crippen LogP contribution in [0.2, 0.25) is 0 Å². The average Bonchev–Trinajstić information content (AvgIpc) is 2.73. The normalized spacial score (nSPS) is 29.2. The Hall–Kier alpha value is -3.18. The van der Waals surface area contributed by atoms with Gasteiger partial charge in [0.05, 0.1) is 5.56 Å². The van der Waals surface area contributed by atoms with Crippen LogP contribution in [0.15, 0.2) is 35.1 Å². The van der Waals surface area contributed by atoms with Gasteiger partial charge < -0.3 is 30.9 Å². The quantitative estimate of drug-likeness (QED) is 0.218. The van der Waals surface area contributed by atoms with E-state index in [-0.39, 0.29) is 23.1 Å². The number of amides is 1. The van der Waals surface area contributed by atoms with Crippen LogP contribution in [0, 0.1) is 11.8 Å². The van der Waals surface area contributed by atoms with Crippen molar-refractivity contribution in [3.05, 3.63) is 46.2 Å². The van der Waals surface area contributed by atoms with Crippen LogP contribution >= 0.6 is 15.9 Å². The smallest absolute Gasteiger partial charge is 0.316 e. The highest BCUT2D eigenvalue weighted by atomic mass is 79.9. The summed E-state index contributed by atoms with van der Waals surface area (Å²) in [7, 11) is 0. The number of primary amides is 1. The van der Waals surface area contributed by atoms with Gasteiger partial charge in [0.15, 0.2) is 11.4 Å². The third kappa shape index (κ3) is 2.88. The molecule has 6 N–H and O–H groups in total. The number of ether oxygens (including phenoxy) is 1. The lowest BCUT2D eigenvalue weighted by Gasteiger charge is -2.49. The number of phenolic OH excluding ortho intramolecular Hbond substituents is 1. The minimum absolute atomic E-state index is 0.0308. The zero-order valence-corrected chi connectivity index (χ0v) is 18.0. The van der Waals surface area contributed by atoms with Gasteiger partial charge in [-0.25, -0.2) is 0 Å². The van der Waals surface area contributed by atoms with Gasteiger partial charge in [-0.15, -0.1) is 0 Å². The monoisotopic (exact) mass is 507 g/mol. The maximum atomic E-state index is 13.5. The number of aromatic hydroxyl groups is 1. The molecule has 0 aliphatic heterocycles. The number of phenols is 1. The number of fused-ring (bicyclic) bond motifs is 3. The third-order valence-corrected chi connectivity index (χ3v) is 6.71. The number of hydrogen-bond donors (Lipinski definition) is 5. The lowest BCUT2D eigenvalue weighted by molar-refractivity contribution is -0.175. The van der Waals surface area contributed by atoms with Gasteiger partial charge in [-0.1, -0.05) is 28.1 Å². The number of nitrogens with two attached hydrogens (primary N) is 1. The number of hydrogen-bond acceptors (Lipinski definition) is 9. The molecule has 4 atom stereocenters. The predicted molar refractivity (Wildman–Crippen MR) is 110 cm³/mol. The molecule has 1 amide bonds. The minimum atomic E-state index is -2.85. The van der Waals surface area contributed by atoms with Crippen molar-refractivity contribution in [1.82, 2.24) is 0 Å². The zero-order chi connectivity index (χ0) is 23.5. The zero-order valence-electron chi connectivity index (χ0n) is 16.4. The second kappa shape index (κ2) is 7.45. The summed E-state index contributed by atoms with van der Waals surface area (Å²) in [5.74, 6) is -8.85. The Morgan fingerprint density at radius 1 is 1.19 bits per heavy atom. The van der Waals surface area contributed by atoms with Crippen molar-refractivity contribution in [2.24, 2.45) is 17.6 Å². The van der Waals surface area contributed by atoms with Crippen molar-refractivity contribution in [3.63, 3.8) is 0 Å². The number of carbonyl (C=O) groups excluding carboxylic acids is 4. The van der Waals surface area contributed by atoms with Crippen molar-refractivity contribution >= 4 is 45.1 Å². The lowest BCUT2D eigenvalue weighted by Crippen LogP contribution is -2.64. The molecule has 3 aliphatic rings. The highest BCUT2D eigenvalue weighted by molar-refractivity contribution is 9.09. The second-order valence-corrected chi connectivity index (χ2v) is 8.45. The molecular weight excluding hydrogens is 490 g/mol. The highest BCUT2D eigenvalue weighted by Gasteiger charge is 2.65. The van der Waals surface area contributed by atoms with E-state index in [1.54, 1.807) is 6.07 Å². The first-order chi connectivity index (χ1) is 15.0. The minimum Gasteiger partial charge on any atom is -0.508 e. The summed E-state index contributed by atoms with van der Waals surface area (Å²) < 4.78 is 5.47. The van der Waals surface area contributed by atoms with E-state index in [2.05, 4.69) is 15.9 Å². The first-order valence-electron chi connectivity index (χ1n) is 9.57. The van der Waals surface area contributed by atoms with Gasteiger partial charge in [0.25, 0.3) is 5.91 Å². The number of ketones is 2. The molecule has 0 spiro atoms. The van der Waals surface area contributed by atoms with E-state index >= 15 is 0 Å². The molecule has 0 bridgehead atoms. The lowest BCUT2D eigenvalue weighted by atomic mass is 9.57. The van der Waals surface area contributed by atoms with Gasteiger partial charge in [0.2, 0.25) is 5.78 Å². The molecular formula is C21H18BrNO9. The number of benzene rings is 1. The van der Waals surface area contributed by atoms with Gasteiger partial charge in [0, 0.05) is 23.8 Å². The highest BCUT2D eigenvalue weighted by Crippen LogP contribution is 2.52. The SMILES string of the molecule is NC(=O)C1=C(O)[C@@]2(O)C(=O)C3=C(O)c4c(O)cccc4C[C@H]3[C@H](OC(=O)CBr)[C@H]2CC1=O. The maximum Gasteiger partial charge on any atom is 0.316 e. The maximum absolute atomic E-state index is 13.5. The van der Waals surface area contributed by atoms with E-state index in [9.17, 15) is 39.6 Å². The summed E-state index contributed by atoms with van der Waals surface area (Å²) in [6.07, 6.45) is -1.90. The Bertz CT molecular complexity index is 1150. The molecule has 0 saturated heterocycles. The molecule has 1 saturated carbocycles. The molecule has 168 valence electrons. The van der Waals surface area contributed by atoms with E-state index in [4.69, 9.17) is 10.5 Å². The number of rotatable bonds is 3. The average molecular weight is 508 g/mol. The number of esters is 1. The number of aliphatic hydroxyl groups excluding tert-OH is 2. The largest absolute Gasteiger partial charge is 0.508 e. The summed E-state index contributed by atoms with van der Waals surface area (Å²) in [5, 5.41) is 42.9. The molecule has 0 aromatic heterocycles. The number of aliphatic hydroxyl groups is 3. The van der Waals surface area contributed by atoms with Crippen molar-refractivity contribution < 1.29 is 44.3 Å². The molecule has 0 unspecified atom stereocenters. The fraction of sp³-hybridized carbons (Fsp3) is 0.333. The van der Waals surface area contributed by atoms with Crippen LogP contribution in [0.4, 0.5) is 0 Å². The van der Waals surface area contributed by atoms with Crippen LogP contribution in [-0.2, 0) is 30.3 Å². The Balaban J connectivity index is 2.00. The molecule has 3 aliphatic carbocycles. The fourth-order valence-corrected chi connectivity index (χ4v) is 5.03. The number of halogens is 1. The van der Waals surface area contributed by atoms with Crippen LogP contribution in [0.25, 0.3) is 5.76 Å². The number of carbonyl (C=O) groups is 4. The first kappa shape index (κ1) is 22.0. The topological polar surface area (TPSA) is 184 Å². The molecule has 1 aromatic rings. The summed E-state index contributed by atoms with van der Waals surface area (Å²) in [6.45, 7) is 0. The Kier molecular flexibility index (Phi) is 5.13. The van der Waals surface area contributed by atoms with Crippen molar-refractivity contribution in [1.29, 1.82) is 0 Å². The van der Waals surface area contributed by atoms with Crippen molar-refractivity contribution in [2.45, 2.75) is 24.5 Å². The van der Waals surface area contributed by atoms with Gasteiger partial charge in [-0.2, -0.15) is 0 Å². The number of alkyl halides is 1. The summed E-state index contributed by atoms with van der Waals surface area (Å²) in [5.41, 5.74) is 1.41. The van der Waals surface area contributed by atoms with E-state index in [0.717, 1.165) is 0 Å². The van der Waals surface area contributed by atoms with Crippen LogP contribution in [0.3, 0.4) is 0 Å².